The normalized spacial score (nSPS) is 10.6. The lowest BCUT2D eigenvalue weighted by Crippen LogP contribution is -2.36. The quantitative estimate of drug-likeness (QED) is 0.662. The monoisotopic (exact) mass is 353 g/mol. The zero-order chi connectivity index (χ0) is 18.5. The van der Waals surface area contributed by atoms with Crippen LogP contribution in [0.2, 0.25) is 0 Å². The number of carbonyl (C=O) groups is 1. The van der Waals surface area contributed by atoms with Crippen LogP contribution in [0.4, 0.5) is 0 Å². The Hall–Kier alpha value is -3.33. The first-order valence-corrected chi connectivity index (χ1v) is 7.94. The van der Waals surface area contributed by atoms with Crippen LogP contribution in [0, 0.1) is 0 Å². The molecule has 0 unspecified atom stereocenters. The van der Waals surface area contributed by atoms with Crippen LogP contribution in [0.15, 0.2) is 42.7 Å². The van der Waals surface area contributed by atoms with Crippen LogP contribution in [0.5, 0.6) is 5.88 Å². The predicted molar refractivity (Wildman–Crippen MR) is 94.0 cm³/mol. The Labute approximate surface area is 150 Å². The van der Waals surface area contributed by atoms with Gasteiger partial charge in [0, 0.05) is 39.6 Å². The molecule has 0 spiro atoms. The summed E-state index contributed by atoms with van der Waals surface area (Å²) in [6, 6.07) is 8.92. The zero-order valence-electron chi connectivity index (χ0n) is 14.7. The Morgan fingerprint density at radius 2 is 2.12 bits per heavy atom. The maximum absolute atomic E-state index is 12.0. The number of carbonyl (C=O) groups excluding carboxylic acids is 1. The van der Waals surface area contributed by atoms with Gasteiger partial charge < -0.3 is 4.74 Å². The molecule has 0 aliphatic heterocycles. The third-order valence-electron chi connectivity index (χ3n) is 3.83. The summed E-state index contributed by atoms with van der Waals surface area (Å²) in [5, 5.41) is 9.57. The van der Waals surface area contributed by atoms with Gasteiger partial charge in [0.25, 0.3) is 5.91 Å². The van der Waals surface area contributed by atoms with Gasteiger partial charge in [-0.2, -0.15) is 0 Å². The van der Waals surface area contributed by atoms with Crippen molar-refractivity contribution in [2.45, 2.75) is 6.61 Å². The molecule has 0 radical (unpaired) electrons. The second-order valence-corrected chi connectivity index (χ2v) is 5.48. The lowest BCUT2D eigenvalue weighted by Gasteiger charge is -2.15. The Morgan fingerprint density at radius 3 is 2.77 bits per heavy atom. The van der Waals surface area contributed by atoms with Gasteiger partial charge >= 0.3 is 0 Å². The second-order valence-electron chi connectivity index (χ2n) is 5.48. The molecule has 1 N–H and O–H groups in total. The van der Waals surface area contributed by atoms with E-state index in [9.17, 15) is 4.79 Å². The first-order chi connectivity index (χ1) is 12.6. The number of nitrogens with one attached hydrogen (secondary N) is 1. The Kier molecular flexibility index (Phi) is 5.18. The molecule has 3 heterocycles. The molecular formula is C17H19N7O2. The summed E-state index contributed by atoms with van der Waals surface area (Å²) < 4.78 is 7.38. The molecule has 1 amide bonds. The zero-order valence-corrected chi connectivity index (χ0v) is 14.7. The van der Waals surface area contributed by atoms with Crippen LogP contribution in [0.1, 0.15) is 16.1 Å². The van der Waals surface area contributed by atoms with E-state index in [2.05, 4.69) is 25.7 Å². The van der Waals surface area contributed by atoms with Gasteiger partial charge in [0.15, 0.2) is 0 Å². The number of rotatable bonds is 6. The molecule has 3 aromatic heterocycles. The van der Waals surface area contributed by atoms with E-state index in [4.69, 9.17) is 4.74 Å². The summed E-state index contributed by atoms with van der Waals surface area (Å²) in [4.78, 5) is 20.5. The molecule has 3 aromatic rings. The van der Waals surface area contributed by atoms with Crippen molar-refractivity contribution in [2.24, 2.45) is 7.05 Å². The maximum atomic E-state index is 12.0. The van der Waals surface area contributed by atoms with Crippen molar-refractivity contribution in [2.75, 3.05) is 14.1 Å². The standard InChI is InChI=1S/C17H19N7O2/c1-18-24(3)17(25)12-7-8-15(20-10-12)26-11-14-16(21-22-23(14)2)13-6-4-5-9-19-13/h4-10,18H,11H2,1-3H3. The summed E-state index contributed by atoms with van der Waals surface area (Å²) in [6.45, 7) is 0.228. The van der Waals surface area contributed by atoms with Crippen LogP contribution in [-0.4, -0.2) is 50.0 Å². The van der Waals surface area contributed by atoms with E-state index in [0.717, 1.165) is 11.4 Å². The molecule has 0 aromatic carbocycles. The number of amides is 1. The number of hydrogen-bond donors (Lipinski definition) is 1. The van der Waals surface area contributed by atoms with Gasteiger partial charge in [0.05, 0.1) is 11.3 Å². The van der Waals surface area contributed by atoms with E-state index in [0.29, 0.717) is 17.1 Å². The van der Waals surface area contributed by atoms with Gasteiger partial charge in [-0.3, -0.25) is 14.8 Å². The highest BCUT2D eigenvalue weighted by atomic mass is 16.5. The van der Waals surface area contributed by atoms with Crippen molar-refractivity contribution < 1.29 is 9.53 Å². The first kappa shape index (κ1) is 17.5. The molecular weight excluding hydrogens is 334 g/mol. The lowest BCUT2D eigenvalue weighted by atomic mass is 10.2. The SMILES string of the molecule is CNN(C)C(=O)c1ccc(OCc2c(-c3ccccn3)nnn2C)nc1. The highest BCUT2D eigenvalue weighted by molar-refractivity contribution is 5.93. The largest absolute Gasteiger partial charge is 0.471 e. The molecule has 9 nitrogen and oxygen atoms in total. The molecule has 0 saturated heterocycles. The number of ether oxygens (including phenoxy) is 1. The maximum Gasteiger partial charge on any atom is 0.269 e. The number of aryl methyl sites for hydroxylation is 1. The fraction of sp³-hybridized carbons (Fsp3) is 0.235. The van der Waals surface area contributed by atoms with Crippen LogP contribution in [0.3, 0.4) is 0 Å². The summed E-state index contributed by atoms with van der Waals surface area (Å²) in [7, 11) is 5.10. The van der Waals surface area contributed by atoms with Crippen molar-refractivity contribution in [1.29, 1.82) is 0 Å². The minimum absolute atomic E-state index is 0.181. The van der Waals surface area contributed by atoms with Crippen molar-refractivity contribution in [3.8, 4) is 17.3 Å². The summed E-state index contributed by atoms with van der Waals surface area (Å²) in [5.41, 5.74) is 5.38. The Bertz CT molecular complexity index is 878. The fourth-order valence-electron chi connectivity index (χ4n) is 2.27. The third-order valence-corrected chi connectivity index (χ3v) is 3.83. The molecule has 9 heteroatoms. The van der Waals surface area contributed by atoms with E-state index < -0.39 is 0 Å². The van der Waals surface area contributed by atoms with Gasteiger partial charge in [0.1, 0.15) is 18.0 Å². The molecule has 0 saturated carbocycles. The van der Waals surface area contributed by atoms with Gasteiger partial charge in [0.2, 0.25) is 5.88 Å². The summed E-state index contributed by atoms with van der Waals surface area (Å²) >= 11 is 0. The van der Waals surface area contributed by atoms with Crippen LogP contribution in [0.25, 0.3) is 11.4 Å². The fourth-order valence-corrected chi connectivity index (χ4v) is 2.27. The average Bonchev–Trinajstić information content (AvgIpc) is 3.06. The topological polar surface area (TPSA) is 98.1 Å². The van der Waals surface area contributed by atoms with Crippen molar-refractivity contribution in [3.63, 3.8) is 0 Å². The molecule has 0 fully saturated rings. The van der Waals surface area contributed by atoms with Crippen LogP contribution >= 0.6 is 0 Å². The van der Waals surface area contributed by atoms with E-state index in [-0.39, 0.29) is 12.5 Å². The van der Waals surface area contributed by atoms with Gasteiger partial charge in [-0.25, -0.2) is 15.1 Å². The molecule has 0 aliphatic rings. The molecule has 0 bridgehead atoms. The molecule has 0 aliphatic carbocycles. The second kappa shape index (κ2) is 7.70. The van der Waals surface area contributed by atoms with Crippen LogP contribution < -0.4 is 10.2 Å². The summed E-state index contributed by atoms with van der Waals surface area (Å²) in [6.07, 6.45) is 3.18. The molecule has 134 valence electrons. The molecule has 26 heavy (non-hydrogen) atoms. The molecule has 3 rings (SSSR count). The minimum atomic E-state index is -0.181. The van der Waals surface area contributed by atoms with Gasteiger partial charge in [-0.05, 0) is 18.2 Å². The smallest absolute Gasteiger partial charge is 0.269 e. The van der Waals surface area contributed by atoms with E-state index in [1.165, 1.54) is 11.2 Å². The predicted octanol–water partition coefficient (Wildman–Crippen LogP) is 1.06. The highest BCUT2D eigenvalue weighted by Crippen LogP contribution is 2.20. The number of pyridine rings is 2. The van der Waals surface area contributed by atoms with E-state index in [1.807, 2.05) is 18.2 Å². The number of nitrogens with zero attached hydrogens (tertiary/aromatic N) is 6. The van der Waals surface area contributed by atoms with Crippen molar-refractivity contribution in [3.05, 3.63) is 54.0 Å². The average molecular weight is 353 g/mol. The van der Waals surface area contributed by atoms with Gasteiger partial charge in [-0.15, -0.1) is 5.10 Å². The highest BCUT2D eigenvalue weighted by Gasteiger charge is 2.15. The summed E-state index contributed by atoms with van der Waals surface area (Å²) in [5.74, 6) is 0.224. The molecule has 0 atom stereocenters. The van der Waals surface area contributed by atoms with Crippen LogP contribution in [-0.2, 0) is 13.7 Å². The van der Waals surface area contributed by atoms with Crippen molar-refractivity contribution in [1.82, 2.24) is 35.4 Å². The third kappa shape index (κ3) is 3.67. The Morgan fingerprint density at radius 1 is 1.27 bits per heavy atom. The van der Waals surface area contributed by atoms with E-state index >= 15 is 0 Å². The van der Waals surface area contributed by atoms with Crippen molar-refractivity contribution >= 4 is 5.91 Å². The lowest BCUT2D eigenvalue weighted by molar-refractivity contribution is 0.0734. The number of hydrogen-bond acceptors (Lipinski definition) is 7. The van der Waals surface area contributed by atoms with Gasteiger partial charge in [-0.1, -0.05) is 11.3 Å². The van der Waals surface area contributed by atoms with E-state index in [1.54, 1.807) is 44.2 Å². The number of aromatic nitrogens is 5. The Balaban J connectivity index is 1.72. The first-order valence-electron chi connectivity index (χ1n) is 7.94. The number of hydrazine groups is 1. The minimum Gasteiger partial charge on any atom is -0.471 e.